The fraction of sp³-hybridized carbons (Fsp3) is 0.562. The highest BCUT2D eigenvalue weighted by Crippen LogP contribution is 2.26. The van der Waals surface area contributed by atoms with Crippen molar-refractivity contribution in [2.75, 3.05) is 38.3 Å². The van der Waals surface area contributed by atoms with Gasteiger partial charge in [-0.1, -0.05) is 23.7 Å². The number of ether oxygens (including phenoxy) is 2. The Balaban J connectivity index is 1.92. The molecule has 7 heteroatoms. The molecule has 2 amide bonds. The van der Waals surface area contributed by atoms with Gasteiger partial charge in [0.25, 0.3) is 0 Å². The van der Waals surface area contributed by atoms with E-state index in [4.69, 9.17) is 26.2 Å². The third kappa shape index (κ3) is 5.07. The fourth-order valence-corrected chi connectivity index (χ4v) is 2.70. The molecule has 1 heterocycles. The quantitative estimate of drug-likeness (QED) is 0.741. The third-order valence-electron chi connectivity index (χ3n) is 3.91. The Bertz CT molecular complexity index is 533. The lowest BCUT2D eigenvalue weighted by Crippen LogP contribution is -2.50. The molecule has 23 heavy (non-hydrogen) atoms. The maximum Gasteiger partial charge on any atom is 0.319 e. The summed E-state index contributed by atoms with van der Waals surface area (Å²) in [6, 6.07) is 5.13. The summed E-state index contributed by atoms with van der Waals surface area (Å²) < 4.78 is 11.1. The summed E-state index contributed by atoms with van der Waals surface area (Å²) in [6.45, 7) is 3.59. The van der Waals surface area contributed by atoms with Gasteiger partial charge < -0.3 is 25.2 Å². The number of hydrogen-bond donors (Lipinski definition) is 3. The van der Waals surface area contributed by atoms with Crippen LogP contribution in [-0.4, -0.2) is 49.7 Å². The van der Waals surface area contributed by atoms with Crippen molar-refractivity contribution in [3.8, 4) is 0 Å². The average Bonchev–Trinajstić information content (AvgIpc) is 2.56. The van der Waals surface area contributed by atoms with E-state index in [0.29, 0.717) is 43.3 Å². The normalized spacial score (nSPS) is 16.8. The predicted molar refractivity (Wildman–Crippen MR) is 89.0 cm³/mol. The van der Waals surface area contributed by atoms with E-state index in [0.717, 1.165) is 5.56 Å². The average molecular weight is 343 g/mol. The second-order valence-electron chi connectivity index (χ2n) is 5.61. The molecular formula is C16H23ClN2O4. The van der Waals surface area contributed by atoms with Crippen LogP contribution in [0.25, 0.3) is 0 Å². The minimum atomic E-state index is -0.491. The molecule has 128 valence electrons. The van der Waals surface area contributed by atoms with Gasteiger partial charge in [0.2, 0.25) is 0 Å². The third-order valence-corrected chi connectivity index (χ3v) is 4.42. The molecule has 0 unspecified atom stereocenters. The van der Waals surface area contributed by atoms with E-state index < -0.39 is 5.60 Å². The van der Waals surface area contributed by atoms with Gasteiger partial charge in [-0.2, -0.15) is 0 Å². The number of benzene rings is 1. The van der Waals surface area contributed by atoms with Crippen molar-refractivity contribution in [1.82, 2.24) is 5.32 Å². The number of aliphatic hydroxyl groups is 1. The molecule has 0 aromatic heterocycles. The summed E-state index contributed by atoms with van der Waals surface area (Å²) >= 11 is 6.17. The molecule has 0 aliphatic carbocycles. The van der Waals surface area contributed by atoms with Crippen LogP contribution in [0.4, 0.5) is 10.5 Å². The zero-order valence-corrected chi connectivity index (χ0v) is 14.0. The number of urea groups is 1. The monoisotopic (exact) mass is 342 g/mol. The first-order valence-corrected chi connectivity index (χ1v) is 8.07. The zero-order chi connectivity index (χ0) is 16.7. The number of aliphatic hydroxyl groups excluding tert-OH is 1. The van der Waals surface area contributed by atoms with Crippen LogP contribution in [0.2, 0.25) is 5.02 Å². The molecule has 0 spiro atoms. The van der Waals surface area contributed by atoms with Gasteiger partial charge in [-0.05, 0) is 18.6 Å². The Morgan fingerprint density at radius 3 is 2.87 bits per heavy atom. The van der Waals surface area contributed by atoms with E-state index in [1.165, 1.54) is 0 Å². The van der Waals surface area contributed by atoms with Gasteiger partial charge in [-0.25, -0.2) is 4.79 Å². The second-order valence-corrected chi connectivity index (χ2v) is 5.99. The molecule has 1 aliphatic heterocycles. The molecular weight excluding hydrogens is 320 g/mol. The highest BCUT2D eigenvalue weighted by molar-refractivity contribution is 6.34. The molecule has 0 radical (unpaired) electrons. The van der Waals surface area contributed by atoms with Gasteiger partial charge in [0.15, 0.2) is 0 Å². The van der Waals surface area contributed by atoms with Crippen LogP contribution in [0, 0.1) is 6.92 Å². The van der Waals surface area contributed by atoms with Crippen molar-refractivity contribution in [2.45, 2.75) is 25.4 Å². The number of hydrogen-bond acceptors (Lipinski definition) is 4. The molecule has 1 fully saturated rings. The topological polar surface area (TPSA) is 79.8 Å². The Kier molecular flexibility index (Phi) is 6.65. The predicted octanol–water partition coefficient (Wildman–Crippen LogP) is 2.33. The minimum Gasteiger partial charge on any atom is -0.394 e. The van der Waals surface area contributed by atoms with Crippen molar-refractivity contribution in [1.29, 1.82) is 0 Å². The van der Waals surface area contributed by atoms with Crippen LogP contribution < -0.4 is 10.6 Å². The molecule has 2 rings (SSSR count). The van der Waals surface area contributed by atoms with Gasteiger partial charge in [-0.3, -0.25) is 0 Å². The number of anilines is 1. The molecule has 3 N–H and O–H groups in total. The van der Waals surface area contributed by atoms with Crippen molar-refractivity contribution >= 4 is 23.3 Å². The van der Waals surface area contributed by atoms with Crippen molar-refractivity contribution in [3.05, 3.63) is 28.8 Å². The van der Waals surface area contributed by atoms with Crippen molar-refractivity contribution in [3.63, 3.8) is 0 Å². The largest absolute Gasteiger partial charge is 0.394 e. The SMILES string of the molecule is Cc1cccc(NC(=O)NCC2(OCCO)CCOCC2)c1Cl. The number of nitrogens with one attached hydrogen (secondary N) is 2. The molecule has 0 bridgehead atoms. The number of halogens is 1. The van der Waals surface area contributed by atoms with Crippen LogP contribution in [-0.2, 0) is 9.47 Å². The van der Waals surface area contributed by atoms with Crippen LogP contribution in [0.3, 0.4) is 0 Å². The lowest BCUT2D eigenvalue weighted by Gasteiger charge is -2.37. The zero-order valence-electron chi connectivity index (χ0n) is 13.2. The molecule has 6 nitrogen and oxygen atoms in total. The van der Waals surface area contributed by atoms with Crippen LogP contribution in [0.1, 0.15) is 18.4 Å². The molecule has 1 aromatic carbocycles. The fourth-order valence-electron chi connectivity index (χ4n) is 2.53. The number of rotatable bonds is 6. The molecule has 0 saturated carbocycles. The maximum absolute atomic E-state index is 12.1. The summed E-state index contributed by atoms with van der Waals surface area (Å²) in [5, 5.41) is 15.1. The number of carbonyl (C=O) groups excluding carboxylic acids is 1. The van der Waals surface area contributed by atoms with Gasteiger partial charge in [0.05, 0.1) is 29.5 Å². The summed E-state index contributed by atoms with van der Waals surface area (Å²) in [6.07, 6.45) is 1.36. The second kappa shape index (κ2) is 8.49. The van der Waals surface area contributed by atoms with E-state index in [9.17, 15) is 4.79 Å². The summed E-state index contributed by atoms with van der Waals surface area (Å²) in [4.78, 5) is 12.1. The van der Waals surface area contributed by atoms with Crippen LogP contribution >= 0.6 is 11.6 Å². The molecule has 1 aromatic rings. The highest BCUT2D eigenvalue weighted by atomic mass is 35.5. The van der Waals surface area contributed by atoms with E-state index >= 15 is 0 Å². The minimum absolute atomic E-state index is 0.0479. The van der Waals surface area contributed by atoms with Crippen molar-refractivity contribution < 1.29 is 19.4 Å². The van der Waals surface area contributed by atoms with E-state index in [-0.39, 0.29) is 19.2 Å². The first kappa shape index (κ1) is 18.0. The highest BCUT2D eigenvalue weighted by Gasteiger charge is 2.34. The molecule has 0 atom stereocenters. The van der Waals surface area contributed by atoms with Gasteiger partial charge in [0, 0.05) is 32.6 Å². The van der Waals surface area contributed by atoms with E-state index in [1.807, 2.05) is 19.1 Å². The number of aryl methyl sites for hydroxylation is 1. The van der Waals surface area contributed by atoms with Gasteiger partial charge >= 0.3 is 6.03 Å². The summed E-state index contributed by atoms with van der Waals surface area (Å²) in [5.74, 6) is 0. The first-order chi connectivity index (χ1) is 11.1. The van der Waals surface area contributed by atoms with E-state index in [2.05, 4.69) is 10.6 Å². The lowest BCUT2D eigenvalue weighted by atomic mass is 9.94. The Morgan fingerprint density at radius 1 is 1.43 bits per heavy atom. The van der Waals surface area contributed by atoms with Crippen molar-refractivity contribution in [2.24, 2.45) is 0 Å². The van der Waals surface area contributed by atoms with E-state index in [1.54, 1.807) is 6.07 Å². The first-order valence-electron chi connectivity index (χ1n) is 7.69. The van der Waals surface area contributed by atoms with Crippen LogP contribution in [0.5, 0.6) is 0 Å². The lowest BCUT2D eigenvalue weighted by molar-refractivity contribution is -0.113. The maximum atomic E-state index is 12.1. The Labute approximate surface area is 141 Å². The summed E-state index contributed by atoms with van der Waals surface area (Å²) in [7, 11) is 0. The number of carbonyl (C=O) groups is 1. The Morgan fingerprint density at radius 2 is 2.17 bits per heavy atom. The molecule has 1 aliphatic rings. The standard InChI is InChI=1S/C16H23ClN2O4/c1-12-3-2-4-13(14(12)17)19-15(21)18-11-16(23-10-7-20)5-8-22-9-6-16/h2-4,20H,5-11H2,1H3,(H2,18,19,21). The Hall–Kier alpha value is -1.34. The van der Waals surface area contributed by atoms with Gasteiger partial charge in [-0.15, -0.1) is 0 Å². The molecule has 1 saturated heterocycles. The number of amides is 2. The van der Waals surface area contributed by atoms with Crippen LogP contribution in [0.15, 0.2) is 18.2 Å². The van der Waals surface area contributed by atoms with Gasteiger partial charge in [0.1, 0.15) is 0 Å². The smallest absolute Gasteiger partial charge is 0.319 e. The summed E-state index contributed by atoms with van der Waals surface area (Å²) in [5.41, 5.74) is 0.979.